The number of aromatic nitrogens is 1. The summed E-state index contributed by atoms with van der Waals surface area (Å²) < 4.78 is 7.78. The zero-order valence-electron chi connectivity index (χ0n) is 10.2. The van der Waals surface area contributed by atoms with Gasteiger partial charge < -0.3 is 9.30 Å². The first kappa shape index (κ1) is 13.3. The molecule has 0 saturated heterocycles. The molecular weight excluding hydrogens is 269 g/mol. The lowest BCUT2D eigenvalue weighted by molar-refractivity contribution is 0.321. The van der Waals surface area contributed by atoms with Crippen molar-refractivity contribution in [3.8, 4) is 5.75 Å². The Kier molecular flexibility index (Phi) is 4.56. The van der Waals surface area contributed by atoms with E-state index in [-0.39, 0.29) is 0 Å². The minimum absolute atomic E-state index is 0.575. The fourth-order valence-corrected chi connectivity index (χ4v) is 2.07. The zero-order valence-corrected chi connectivity index (χ0v) is 11.7. The fraction of sp³-hybridized carbons (Fsp3) is 0.286. The summed E-state index contributed by atoms with van der Waals surface area (Å²) in [7, 11) is 0. The van der Waals surface area contributed by atoms with Crippen LogP contribution in [0.15, 0.2) is 41.0 Å². The van der Waals surface area contributed by atoms with E-state index in [9.17, 15) is 0 Å². The summed E-state index contributed by atoms with van der Waals surface area (Å²) in [6.07, 6.45) is 2.99. The highest BCUT2D eigenvalue weighted by atomic mass is 35.5. The third kappa shape index (κ3) is 2.82. The van der Waals surface area contributed by atoms with Crippen LogP contribution in [-0.4, -0.2) is 11.2 Å². The Balaban J connectivity index is 2.35. The summed E-state index contributed by atoms with van der Waals surface area (Å²) in [5, 5.41) is 1.71. The van der Waals surface area contributed by atoms with Crippen LogP contribution in [0.2, 0.25) is 0 Å². The molecule has 96 valence electrons. The van der Waals surface area contributed by atoms with Gasteiger partial charge in [0.05, 0.1) is 18.7 Å². The highest BCUT2D eigenvalue weighted by Crippen LogP contribution is 2.27. The molecule has 0 atom stereocenters. The first-order chi connectivity index (χ1) is 8.76. The van der Waals surface area contributed by atoms with Crippen molar-refractivity contribution in [1.82, 2.24) is 4.57 Å². The molecule has 0 fully saturated rings. The average Bonchev–Trinajstić information content (AvgIpc) is 2.80. The summed E-state index contributed by atoms with van der Waals surface area (Å²) in [4.78, 5) is 0. The van der Waals surface area contributed by atoms with Crippen molar-refractivity contribution in [2.75, 3.05) is 6.61 Å². The molecule has 1 heterocycles. The molecule has 0 saturated carbocycles. The van der Waals surface area contributed by atoms with Crippen molar-refractivity contribution >= 4 is 34.1 Å². The van der Waals surface area contributed by atoms with Crippen molar-refractivity contribution < 1.29 is 4.74 Å². The molecule has 2 aromatic rings. The zero-order chi connectivity index (χ0) is 13.0. The topological polar surface area (TPSA) is 14.2 Å². The first-order valence-electron chi connectivity index (χ1n) is 5.91. The molecule has 0 aliphatic heterocycles. The van der Waals surface area contributed by atoms with Gasteiger partial charge >= 0.3 is 0 Å². The van der Waals surface area contributed by atoms with E-state index in [1.54, 1.807) is 0 Å². The van der Waals surface area contributed by atoms with E-state index in [4.69, 9.17) is 27.9 Å². The van der Waals surface area contributed by atoms with E-state index in [0.29, 0.717) is 11.6 Å². The van der Waals surface area contributed by atoms with E-state index in [1.165, 1.54) is 5.54 Å². The number of hydrogen-bond donors (Lipinski definition) is 0. The Morgan fingerprint density at radius 2 is 2.22 bits per heavy atom. The van der Waals surface area contributed by atoms with Gasteiger partial charge in [-0.05, 0) is 24.6 Å². The highest BCUT2D eigenvalue weighted by molar-refractivity contribution is 6.36. The van der Waals surface area contributed by atoms with Crippen molar-refractivity contribution in [3.05, 3.63) is 41.0 Å². The van der Waals surface area contributed by atoms with Gasteiger partial charge in [0.1, 0.15) is 5.75 Å². The molecule has 1 aromatic carbocycles. The maximum atomic E-state index is 5.96. The second-order valence-corrected chi connectivity index (χ2v) is 4.74. The monoisotopic (exact) mass is 283 g/mol. The molecule has 0 bridgehead atoms. The first-order valence-corrected chi connectivity index (χ1v) is 6.73. The van der Waals surface area contributed by atoms with Crippen LogP contribution in [0, 0.1) is 0 Å². The van der Waals surface area contributed by atoms with Gasteiger partial charge in [0.25, 0.3) is 0 Å². The molecule has 4 heteroatoms. The van der Waals surface area contributed by atoms with E-state index in [2.05, 4.69) is 11.5 Å². The lowest BCUT2D eigenvalue weighted by Crippen LogP contribution is -1.97. The van der Waals surface area contributed by atoms with Crippen LogP contribution in [0.25, 0.3) is 10.9 Å². The highest BCUT2D eigenvalue weighted by Gasteiger charge is 2.06. The predicted octanol–water partition coefficient (Wildman–Crippen LogP) is 4.75. The van der Waals surface area contributed by atoms with Crippen molar-refractivity contribution in [3.63, 3.8) is 0 Å². The van der Waals surface area contributed by atoms with Gasteiger partial charge in [0.15, 0.2) is 0 Å². The summed E-state index contributed by atoms with van der Waals surface area (Å²) >= 11 is 11.5. The maximum Gasteiger partial charge on any atom is 0.128 e. The molecule has 2 nitrogen and oxygen atoms in total. The van der Waals surface area contributed by atoms with E-state index < -0.39 is 0 Å². The molecule has 0 aliphatic rings. The smallest absolute Gasteiger partial charge is 0.128 e. The predicted molar refractivity (Wildman–Crippen MR) is 77.5 cm³/mol. The fourth-order valence-electron chi connectivity index (χ4n) is 1.87. The normalized spacial score (nSPS) is 12.1. The quantitative estimate of drug-likeness (QED) is 0.772. The summed E-state index contributed by atoms with van der Waals surface area (Å²) in [5.74, 6) is 0.916. The Labute approximate surface area is 117 Å². The maximum absolute atomic E-state index is 5.96. The molecule has 0 aliphatic carbocycles. The summed E-state index contributed by atoms with van der Waals surface area (Å²) in [6, 6.07) is 8.06. The lowest BCUT2D eigenvalue weighted by atomic mass is 10.2. The minimum Gasteiger partial charge on any atom is -0.493 e. The third-order valence-electron chi connectivity index (χ3n) is 2.68. The summed E-state index contributed by atoms with van der Waals surface area (Å²) in [6.45, 7) is 3.40. The number of ether oxygens (including phenoxy) is 1. The molecule has 0 radical (unpaired) electrons. The standard InChI is InChI=1S/C14H15Cl2NO/c1-2-8-18-14-5-3-4-13-12(14)6-7-17(13)10-11(16)9-15/h3-7,9H,2,8,10H2,1H3/b11-9-. The van der Waals surface area contributed by atoms with Gasteiger partial charge in [-0.2, -0.15) is 0 Å². The van der Waals surface area contributed by atoms with Crippen LogP contribution in [0.4, 0.5) is 0 Å². The Hall–Kier alpha value is -1.12. The number of fused-ring (bicyclic) bond motifs is 1. The van der Waals surface area contributed by atoms with Gasteiger partial charge in [0.2, 0.25) is 0 Å². The number of nitrogens with zero attached hydrogens (tertiary/aromatic N) is 1. The molecule has 0 amide bonds. The number of benzene rings is 1. The van der Waals surface area contributed by atoms with Crippen LogP contribution < -0.4 is 4.74 Å². The van der Waals surface area contributed by atoms with Gasteiger partial charge in [-0.15, -0.1) is 0 Å². The molecular formula is C14H15Cl2NO. The SMILES string of the molecule is CCCOc1cccc2c1ccn2C/C(Cl)=C/Cl. The van der Waals surface area contributed by atoms with Crippen LogP contribution in [0.1, 0.15) is 13.3 Å². The van der Waals surface area contributed by atoms with Gasteiger partial charge in [-0.1, -0.05) is 36.2 Å². The largest absolute Gasteiger partial charge is 0.493 e. The lowest BCUT2D eigenvalue weighted by Gasteiger charge is -2.07. The second kappa shape index (κ2) is 6.17. The van der Waals surface area contributed by atoms with E-state index in [1.807, 2.05) is 30.5 Å². The van der Waals surface area contributed by atoms with Crippen LogP contribution in [0.5, 0.6) is 5.75 Å². The third-order valence-corrected chi connectivity index (χ3v) is 3.28. The van der Waals surface area contributed by atoms with E-state index in [0.717, 1.165) is 29.7 Å². The second-order valence-electron chi connectivity index (χ2n) is 4.04. The van der Waals surface area contributed by atoms with Gasteiger partial charge in [-0.3, -0.25) is 0 Å². The minimum atomic E-state index is 0.575. The van der Waals surface area contributed by atoms with Crippen molar-refractivity contribution in [2.45, 2.75) is 19.9 Å². The molecule has 1 aromatic heterocycles. The molecule has 0 N–H and O–H groups in total. The average molecular weight is 284 g/mol. The van der Waals surface area contributed by atoms with Crippen molar-refractivity contribution in [2.24, 2.45) is 0 Å². The molecule has 0 unspecified atom stereocenters. The molecule has 18 heavy (non-hydrogen) atoms. The van der Waals surface area contributed by atoms with Crippen LogP contribution >= 0.6 is 23.2 Å². The number of hydrogen-bond acceptors (Lipinski definition) is 1. The Morgan fingerprint density at radius 3 is 2.94 bits per heavy atom. The van der Waals surface area contributed by atoms with Gasteiger partial charge in [-0.25, -0.2) is 0 Å². The van der Waals surface area contributed by atoms with Crippen LogP contribution in [0.3, 0.4) is 0 Å². The van der Waals surface area contributed by atoms with Crippen LogP contribution in [-0.2, 0) is 6.54 Å². The Bertz CT molecular complexity index is 560. The number of rotatable bonds is 5. The Morgan fingerprint density at radius 1 is 1.39 bits per heavy atom. The van der Waals surface area contributed by atoms with E-state index >= 15 is 0 Å². The molecule has 0 spiro atoms. The summed E-state index contributed by atoms with van der Waals surface area (Å²) in [5.41, 5.74) is 2.49. The number of allylic oxidation sites excluding steroid dienone is 1. The molecule has 2 rings (SSSR count). The van der Waals surface area contributed by atoms with Crippen molar-refractivity contribution in [1.29, 1.82) is 0 Å². The number of halogens is 2. The van der Waals surface area contributed by atoms with Gasteiger partial charge in [0, 0.05) is 22.2 Å².